The van der Waals surface area contributed by atoms with E-state index in [1.807, 2.05) is 6.07 Å². The average molecular weight is 202 g/mol. The van der Waals surface area contributed by atoms with Gasteiger partial charge in [0.2, 0.25) is 0 Å². The topological polar surface area (TPSA) is 38.1 Å². The molecule has 2 rings (SSSR count). The molecule has 78 valence electrons. The number of benzene rings is 1. The molecule has 15 heavy (non-hydrogen) atoms. The van der Waals surface area contributed by atoms with Crippen LogP contribution in [0.3, 0.4) is 0 Å². The Hall–Kier alpha value is -1.77. The number of hydrogen-bond acceptors (Lipinski definition) is 3. The Balaban J connectivity index is 1.93. The summed E-state index contributed by atoms with van der Waals surface area (Å²) in [6.07, 6.45) is 3.61. The molecule has 2 aromatic rings. The molecule has 0 radical (unpaired) electrons. The van der Waals surface area contributed by atoms with E-state index < -0.39 is 0 Å². The molecule has 0 aliphatic heterocycles. The number of oxazole rings is 1. The maximum atomic E-state index is 5.18. The molecule has 1 aromatic carbocycles. The molecule has 0 aliphatic carbocycles. The number of nitrogens with one attached hydrogen (secondary N) is 1. The van der Waals surface area contributed by atoms with E-state index in [-0.39, 0.29) is 0 Å². The summed E-state index contributed by atoms with van der Waals surface area (Å²) in [6, 6.07) is 11.0. The van der Waals surface area contributed by atoms with Gasteiger partial charge in [0.25, 0.3) is 6.01 Å². The third-order valence-corrected chi connectivity index (χ3v) is 2.28. The van der Waals surface area contributed by atoms with Crippen molar-refractivity contribution in [2.24, 2.45) is 0 Å². The normalized spacial score (nSPS) is 10.2. The second kappa shape index (κ2) is 4.64. The predicted octanol–water partition coefficient (Wildman–Crippen LogP) is 2.50. The zero-order chi connectivity index (χ0) is 10.5. The third kappa shape index (κ3) is 2.59. The predicted molar refractivity (Wildman–Crippen MR) is 59.9 cm³/mol. The molecule has 0 amide bonds. The van der Waals surface area contributed by atoms with Gasteiger partial charge in [-0.25, -0.2) is 0 Å². The van der Waals surface area contributed by atoms with Gasteiger partial charge in [-0.2, -0.15) is 4.98 Å². The van der Waals surface area contributed by atoms with Crippen LogP contribution in [0.1, 0.15) is 11.3 Å². The fourth-order valence-corrected chi connectivity index (χ4v) is 1.45. The highest BCUT2D eigenvalue weighted by atomic mass is 16.4. The van der Waals surface area contributed by atoms with Crippen LogP contribution in [0.2, 0.25) is 0 Å². The van der Waals surface area contributed by atoms with Gasteiger partial charge in [-0.15, -0.1) is 0 Å². The lowest BCUT2D eigenvalue weighted by Crippen LogP contribution is -1.92. The van der Waals surface area contributed by atoms with E-state index in [0.717, 1.165) is 18.5 Å². The summed E-state index contributed by atoms with van der Waals surface area (Å²) >= 11 is 0. The van der Waals surface area contributed by atoms with Crippen molar-refractivity contribution in [1.82, 2.24) is 4.98 Å². The fourth-order valence-electron chi connectivity index (χ4n) is 1.45. The van der Waals surface area contributed by atoms with Crippen LogP contribution < -0.4 is 5.32 Å². The second-order valence-electron chi connectivity index (χ2n) is 3.38. The standard InChI is InChI=1S/C12H14N2O/c1-13-12-14-11(9-15-12)8-7-10-5-3-2-4-6-10/h2-6,9H,7-8H2,1H3,(H,13,14). The first-order chi connectivity index (χ1) is 7.38. The summed E-state index contributed by atoms with van der Waals surface area (Å²) in [4.78, 5) is 4.27. The number of nitrogens with zero attached hydrogens (tertiary/aromatic N) is 1. The summed E-state index contributed by atoms with van der Waals surface area (Å²) in [5.41, 5.74) is 2.31. The van der Waals surface area contributed by atoms with Crippen LogP contribution in [-0.4, -0.2) is 12.0 Å². The van der Waals surface area contributed by atoms with E-state index in [1.54, 1.807) is 13.3 Å². The average Bonchev–Trinajstić information content (AvgIpc) is 2.76. The monoisotopic (exact) mass is 202 g/mol. The van der Waals surface area contributed by atoms with Gasteiger partial charge in [-0.3, -0.25) is 0 Å². The van der Waals surface area contributed by atoms with Crippen molar-refractivity contribution in [3.05, 3.63) is 47.9 Å². The molecule has 3 nitrogen and oxygen atoms in total. The lowest BCUT2D eigenvalue weighted by Gasteiger charge is -1.97. The molecule has 1 N–H and O–H groups in total. The molecule has 1 aromatic heterocycles. The maximum absolute atomic E-state index is 5.18. The van der Waals surface area contributed by atoms with Crippen molar-refractivity contribution in [3.8, 4) is 0 Å². The first-order valence-electron chi connectivity index (χ1n) is 5.04. The van der Waals surface area contributed by atoms with E-state index in [0.29, 0.717) is 6.01 Å². The van der Waals surface area contributed by atoms with Crippen LogP contribution in [0.4, 0.5) is 6.01 Å². The smallest absolute Gasteiger partial charge is 0.294 e. The van der Waals surface area contributed by atoms with Crippen LogP contribution in [0.25, 0.3) is 0 Å². The number of anilines is 1. The van der Waals surface area contributed by atoms with Crippen LogP contribution >= 0.6 is 0 Å². The molecule has 3 heteroatoms. The Bertz CT molecular complexity index is 409. The van der Waals surface area contributed by atoms with Gasteiger partial charge in [-0.05, 0) is 18.4 Å². The quantitative estimate of drug-likeness (QED) is 0.827. The summed E-state index contributed by atoms with van der Waals surface area (Å²) in [7, 11) is 1.80. The Morgan fingerprint density at radius 2 is 2.00 bits per heavy atom. The lowest BCUT2D eigenvalue weighted by atomic mass is 10.1. The fraction of sp³-hybridized carbons (Fsp3) is 0.250. The minimum absolute atomic E-state index is 0.582. The van der Waals surface area contributed by atoms with Crippen molar-refractivity contribution >= 4 is 6.01 Å². The molecule has 0 saturated heterocycles. The molecule has 0 fully saturated rings. The third-order valence-electron chi connectivity index (χ3n) is 2.28. The maximum Gasteiger partial charge on any atom is 0.294 e. The van der Waals surface area contributed by atoms with Gasteiger partial charge in [0.15, 0.2) is 0 Å². The Morgan fingerprint density at radius 3 is 2.67 bits per heavy atom. The van der Waals surface area contributed by atoms with Crippen molar-refractivity contribution < 1.29 is 4.42 Å². The highest BCUT2D eigenvalue weighted by Gasteiger charge is 2.01. The SMILES string of the molecule is CNc1nc(CCc2ccccc2)co1. The molecular weight excluding hydrogens is 188 g/mol. The van der Waals surface area contributed by atoms with E-state index in [9.17, 15) is 0 Å². The van der Waals surface area contributed by atoms with Gasteiger partial charge in [0, 0.05) is 7.05 Å². The summed E-state index contributed by atoms with van der Waals surface area (Å²) in [6.45, 7) is 0. The second-order valence-corrected chi connectivity index (χ2v) is 3.38. The van der Waals surface area contributed by atoms with E-state index >= 15 is 0 Å². The minimum atomic E-state index is 0.582. The molecule has 0 saturated carbocycles. The first-order valence-corrected chi connectivity index (χ1v) is 5.04. The summed E-state index contributed by atoms with van der Waals surface area (Å²) in [5.74, 6) is 0. The summed E-state index contributed by atoms with van der Waals surface area (Å²) in [5, 5.41) is 2.87. The number of aromatic nitrogens is 1. The van der Waals surface area contributed by atoms with Gasteiger partial charge in [-0.1, -0.05) is 30.3 Å². The van der Waals surface area contributed by atoms with E-state index in [1.165, 1.54) is 5.56 Å². The highest BCUT2D eigenvalue weighted by Crippen LogP contribution is 2.09. The highest BCUT2D eigenvalue weighted by molar-refractivity contribution is 5.21. The van der Waals surface area contributed by atoms with E-state index in [2.05, 4.69) is 34.6 Å². The lowest BCUT2D eigenvalue weighted by molar-refractivity contribution is 0.573. The molecule has 0 spiro atoms. The van der Waals surface area contributed by atoms with Gasteiger partial charge < -0.3 is 9.73 Å². The van der Waals surface area contributed by atoms with Crippen LogP contribution in [0, 0.1) is 0 Å². The molecule has 0 unspecified atom stereocenters. The largest absolute Gasteiger partial charge is 0.432 e. The molecular formula is C12H14N2O. The van der Waals surface area contributed by atoms with Crippen LogP contribution in [0.5, 0.6) is 0 Å². The van der Waals surface area contributed by atoms with Gasteiger partial charge in [0.05, 0.1) is 5.69 Å². The number of rotatable bonds is 4. The van der Waals surface area contributed by atoms with Crippen molar-refractivity contribution in [2.45, 2.75) is 12.8 Å². The van der Waals surface area contributed by atoms with Crippen LogP contribution in [-0.2, 0) is 12.8 Å². The van der Waals surface area contributed by atoms with Crippen molar-refractivity contribution in [2.75, 3.05) is 12.4 Å². The number of hydrogen-bond donors (Lipinski definition) is 1. The Kier molecular flexibility index (Phi) is 3.02. The number of aryl methyl sites for hydroxylation is 2. The molecule has 0 aliphatic rings. The zero-order valence-corrected chi connectivity index (χ0v) is 8.73. The van der Waals surface area contributed by atoms with Crippen LogP contribution in [0.15, 0.2) is 41.0 Å². The Morgan fingerprint density at radius 1 is 1.20 bits per heavy atom. The molecule has 0 bridgehead atoms. The molecule has 1 heterocycles. The van der Waals surface area contributed by atoms with Crippen molar-refractivity contribution in [3.63, 3.8) is 0 Å². The first kappa shape index (κ1) is 9.77. The molecule has 0 atom stereocenters. The zero-order valence-electron chi connectivity index (χ0n) is 8.73. The van der Waals surface area contributed by atoms with E-state index in [4.69, 9.17) is 4.42 Å². The summed E-state index contributed by atoms with van der Waals surface area (Å²) < 4.78 is 5.18. The minimum Gasteiger partial charge on any atom is -0.432 e. The van der Waals surface area contributed by atoms with Gasteiger partial charge in [0.1, 0.15) is 6.26 Å². The van der Waals surface area contributed by atoms with Crippen molar-refractivity contribution in [1.29, 1.82) is 0 Å². The Labute approximate surface area is 89.1 Å². The van der Waals surface area contributed by atoms with Gasteiger partial charge >= 0.3 is 0 Å².